The van der Waals surface area contributed by atoms with E-state index in [1.807, 2.05) is 6.20 Å². The zero-order chi connectivity index (χ0) is 16.8. The van der Waals surface area contributed by atoms with Gasteiger partial charge in [-0.05, 0) is 75.9 Å². The number of halogens is 1. The lowest BCUT2D eigenvalue weighted by Crippen LogP contribution is -2.41. The Bertz CT molecular complexity index is 578. The maximum atomic E-state index is 6.11. The Morgan fingerprint density at radius 1 is 1.22 bits per heavy atom. The van der Waals surface area contributed by atoms with Crippen molar-refractivity contribution < 1.29 is 9.31 Å². The zero-order valence-electron chi connectivity index (χ0n) is 14.7. The zero-order valence-corrected chi connectivity index (χ0v) is 16.3. The molecule has 0 saturated carbocycles. The molecule has 0 aliphatic carbocycles. The maximum absolute atomic E-state index is 6.11. The molecule has 2 fully saturated rings. The summed E-state index contributed by atoms with van der Waals surface area (Å²) in [4.78, 5) is 7.10. The second kappa shape index (κ2) is 6.05. The number of aromatic nitrogens is 1. The Labute approximate surface area is 148 Å². The van der Waals surface area contributed by atoms with Gasteiger partial charge in [0, 0.05) is 24.2 Å². The summed E-state index contributed by atoms with van der Waals surface area (Å²) >= 11 is 3.70. The van der Waals surface area contributed by atoms with Crippen molar-refractivity contribution in [1.29, 1.82) is 0 Å². The number of hydrogen-bond acceptors (Lipinski definition) is 4. The van der Waals surface area contributed by atoms with E-state index in [0.717, 1.165) is 22.3 Å². The summed E-state index contributed by atoms with van der Waals surface area (Å²) in [5.74, 6) is 1.03. The normalized spacial score (nSPS) is 26.6. The SMILES string of the molecule is CC1CCCCN1c1ncc(B2OC(C)(C)C(C)(C)O2)cc1Br. The van der Waals surface area contributed by atoms with Crippen LogP contribution < -0.4 is 10.4 Å². The molecule has 126 valence electrons. The summed E-state index contributed by atoms with van der Waals surface area (Å²) in [6, 6.07) is 2.63. The van der Waals surface area contributed by atoms with Crippen LogP contribution in [0.15, 0.2) is 16.7 Å². The fourth-order valence-corrected chi connectivity index (χ4v) is 3.77. The molecule has 0 amide bonds. The lowest BCUT2D eigenvalue weighted by Gasteiger charge is -2.35. The van der Waals surface area contributed by atoms with Crippen molar-refractivity contribution in [1.82, 2.24) is 4.98 Å². The van der Waals surface area contributed by atoms with Crippen molar-refractivity contribution in [2.75, 3.05) is 11.4 Å². The minimum atomic E-state index is -0.364. The number of hydrogen-bond donors (Lipinski definition) is 0. The van der Waals surface area contributed by atoms with Crippen LogP contribution in [0, 0.1) is 0 Å². The van der Waals surface area contributed by atoms with Gasteiger partial charge in [0.25, 0.3) is 0 Å². The van der Waals surface area contributed by atoms with Gasteiger partial charge >= 0.3 is 7.12 Å². The van der Waals surface area contributed by atoms with Crippen molar-refractivity contribution in [3.63, 3.8) is 0 Å². The molecule has 0 radical (unpaired) electrons. The summed E-state index contributed by atoms with van der Waals surface area (Å²) < 4.78 is 13.2. The Morgan fingerprint density at radius 2 is 1.87 bits per heavy atom. The van der Waals surface area contributed by atoms with Crippen molar-refractivity contribution in [3.8, 4) is 0 Å². The van der Waals surface area contributed by atoms with E-state index in [0.29, 0.717) is 6.04 Å². The summed E-state index contributed by atoms with van der Waals surface area (Å²) in [6.45, 7) is 11.6. The molecule has 0 N–H and O–H groups in total. The van der Waals surface area contributed by atoms with E-state index >= 15 is 0 Å². The van der Waals surface area contributed by atoms with Crippen LogP contribution in [0.5, 0.6) is 0 Å². The molecule has 2 aliphatic rings. The van der Waals surface area contributed by atoms with Gasteiger partial charge in [-0.1, -0.05) is 0 Å². The Kier molecular flexibility index (Phi) is 4.53. The van der Waals surface area contributed by atoms with Gasteiger partial charge < -0.3 is 14.2 Å². The van der Waals surface area contributed by atoms with E-state index < -0.39 is 0 Å². The van der Waals surface area contributed by atoms with Gasteiger partial charge in [0.2, 0.25) is 0 Å². The second-order valence-corrected chi connectivity index (χ2v) is 8.55. The molecule has 1 atom stereocenters. The number of nitrogens with zero attached hydrogens (tertiary/aromatic N) is 2. The molecular formula is C17H26BBrN2O2. The highest BCUT2D eigenvalue weighted by Gasteiger charge is 2.51. The van der Waals surface area contributed by atoms with E-state index in [-0.39, 0.29) is 18.3 Å². The van der Waals surface area contributed by atoms with E-state index in [9.17, 15) is 0 Å². The fourth-order valence-electron chi connectivity index (χ4n) is 3.18. The van der Waals surface area contributed by atoms with E-state index in [4.69, 9.17) is 14.3 Å². The smallest absolute Gasteiger partial charge is 0.399 e. The molecule has 6 heteroatoms. The molecule has 2 saturated heterocycles. The van der Waals surface area contributed by atoms with Gasteiger partial charge in [0.15, 0.2) is 0 Å². The van der Waals surface area contributed by atoms with E-state index in [1.165, 1.54) is 19.3 Å². The first-order chi connectivity index (χ1) is 10.7. The predicted molar refractivity (Wildman–Crippen MR) is 98.3 cm³/mol. The monoisotopic (exact) mass is 380 g/mol. The molecule has 1 aromatic rings. The highest BCUT2D eigenvalue weighted by atomic mass is 79.9. The quantitative estimate of drug-likeness (QED) is 0.735. The minimum absolute atomic E-state index is 0.329. The van der Waals surface area contributed by atoms with Gasteiger partial charge in [0.1, 0.15) is 5.82 Å². The van der Waals surface area contributed by atoms with Crippen molar-refractivity contribution in [2.45, 2.75) is 71.1 Å². The van der Waals surface area contributed by atoms with Crippen LogP contribution in [0.2, 0.25) is 0 Å². The second-order valence-electron chi connectivity index (χ2n) is 7.70. The molecule has 1 unspecified atom stereocenters. The summed E-state index contributed by atoms with van der Waals surface area (Å²) in [7, 11) is -0.364. The standard InChI is InChI=1S/C17H26BBrN2O2/c1-12-8-6-7-9-21(12)15-14(19)10-13(11-20-15)18-22-16(2,3)17(4,5)23-18/h10-12H,6-9H2,1-5H3. The van der Waals surface area contributed by atoms with Crippen molar-refractivity contribution in [2.24, 2.45) is 0 Å². The Hall–Kier alpha value is -0.585. The third-order valence-corrected chi connectivity index (χ3v) is 6.03. The molecule has 2 aliphatic heterocycles. The molecule has 0 aromatic carbocycles. The summed E-state index contributed by atoms with van der Waals surface area (Å²) in [6.07, 6.45) is 5.66. The fraction of sp³-hybridized carbons (Fsp3) is 0.706. The first-order valence-electron chi connectivity index (χ1n) is 8.49. The topological polar surface area (TPSA) is 34.6 Å². The van der Waals surface area contributed by atoms with Crippen LogP contribution in [0.4, 0.5) is 5.82 Å². The van der Waals surface area contributed by atoms with Gasteiger partial charge in [-0.15, -0.1) is 0 Å². The Balaban J connectivity index is 1.83. The molecule has 4 nitrogen and oxygen atoms in total. The van der Waals surface area contributed by atoms with Crippen LogP contribution in [0.1, 0.15) is 53.9 Å². The molecule has 23 heavy (non-hydrogen) atoms. The van der Waals surface area contributed by atoms with Gasteiger partial charge in [-0.2, -0.15) is 0 Å². The van der Waals surface area contributed by atoms with Crippen molar-refractivity contribution in [3.05, 3.63) is 16.7 Å². The molecule has 1 aromatic heterocycles. The molecule has 3 rings (SSSR count). The minimum Gasteiger partial charge on any atom is -0.399 e. The van der Waals surface area contributed by atoms with Crippen molar-refractivity contribution >= 4 is 34.3 Å². The third-order valence-electron chi connectivity index (χ3n) is 5.44. The largest absolute Gasteiger partial charge is 0.496 e. The maximum Gasteiger partial charge on any atom is 0.496 e. The average molecular weight is 381 g/mol. The van der Waals surface area contributed by atoms with Crippen LogP contribution in [0.3, 0.4) is 0 Å². The number of anilines is 1. The first kappa shape index (κ1) is 17.2. The summed E-state index contributed by atoms with van der Waals surface area (Å²) in [5.41, 5.74) is 0.304. The Morgan fingerprint density at radius 3 is 2.43 bits per heavy atom. The van der Waals surface area contributed by atoms with Gasteiger partial charge in [-0.25, -0.2) is 4.98 Å². The van der Waals surface area contributed by atoms with Crippen LogP contribution in [0.25, 0.3) is 0 Å². The van der Waals surface area contributed by atoms with Crippen LogP contribution in [-0.4, -0.2) is 35.9 Å². The highest BCUT2D eigenvalue weighted by molar-refractivity contribution is 9.10. The third kappa shape index (κ3) is 3.18. The highest BCUT2D eigenvalue weighted by Crippen LogP contribution is 2.37. The lowest BCUT2D eigenvalue weighted by molar-refractivity contribution is 0.00578. The first-order valence-corrected chi connectivity index (χ1v) is 9.28. The van der Waals surface area contributed by atoms with Crippen LogP contribution >= 0.6 is 15.9 Å². The van der Waals surface area contributed by atoms with E-state index in [1.54, 1.807) is 0 Å². The number of rotatable bonds is 2. The molecular weight excluding hydrogens is 355 g/mol. The summed E-state index contributed by atoms with van der Waals surface area (Å²) in [5, 5.41) is 0. The van der Waals surface area contributed by atoms with E-state index in [2.05, 4.69) is 61.5 Å². The number of pyridine rings is 1. The number of piperidine rings is 1. The molecule has 0 spiro atoms. The van der Waals surface area contributed by atoms with Gasteiger partial charge in [0.05, 0.1) is 15.7 Å². The predicted octanol–water partition coefficient (Wildman–Crippen LogP) is 3.52. The lowest BCUT2D eigenvalue weighted by atomic mass is 9.80. The van der Waals surface area contributed by atoms with Gasteiger partial charge in [-0.3, -0.25) is 0 Å². The molecule has 0 bridgehead atoms. The molecule has 3 heterocycles. The van der Waals surface area contributed by atoms with Crippen LogP contribution in [-0.2, 0) is 9.31 Å². The average Bonchev–Trinajstić information content (AvgIpc) is 2.68.